The molecule has 1 unspecified atom stereocenters. The Morgan fingerprint density at radius 1 is 1.07 bits per heavy atom. The number of hydrogen-bond donors (Lipinski definition) is 0. The minimum Gasteiger partial charge on any atom is -0.496 e. The van der Waals surface area contributed by atoms with Gasteiger partial charge in [0.1, 0.15) is 13.2 Å². The fraction of sp³-hybridized carbons (Fsp3) is 0.846. The first-order chi connectivity index (χ1) is 7.24. The van der Waals surface area contributed by atoms with Gasteiger partial charge in [-0.05, 0) is 19.8 Å². The standard InChI is InChI=1S/C13H28NO/c1-5-9-11-14(7-3,10-6-2)12-13-15-8-4/h8H,4-7,9-13H2,1-3H3/q+1. The highest BCUT2D eigenvalue weighted by Crippen LogP contribution is 2.10. The zero-order valence-electron chi connectivity index (χ0n) is 10.8. The summed E-state index contributed by atoms with van der Waals surface area (Å²) in [6.07, 6.45) is 5.41. The summed E-state index contributed by atoms with van der Waals surface area (Å²) < 4.78 is 6.47. The minimum absolute atomic E-state index is 0.807. The molecule has 0 aliphatic carbocycles. The van der Waals surface area contributed by atoms with E-state index in [2.05, 4.69) is 27.4 Å². The summed E-state index contributed by atoms with van der Waals surface area (Å²) >= 11 is 0. The summed E-state index contributed by atoms with van der Waals surface area (Å²) in [7, 11) is 0. The Labute approximate surface area is 95.5 Å². The summed E-state index contributed by atoms with van der Waals surface area (Å²) in [6.45, 7) is 16.1. The molecule has 2 heteroatoms. The van der Waals surface area contributed by atoms with Gasteiger partial charge >= 0.3 is 0 Å². The normalized spacial score (nSPS) is 14.6. The third-order valence-corrected chi connectivity index (χ3v) is 3.16. The summed E-state index contributed by atoms with van der Waals surface area (Å²) in [4.78, 5) is 0. The number of unbranched alkanes of at least 4 members (excludes halogenated alkanes) is 1. The molecule has 0 rings (SSSR count). The van der Waals surface area contributed by atoms with Gasteiger partial charge in [-0.25, -0.2) is 0 Å². The Kier molecular flexibility index (Phi) is 8.49. The lowest BCUT2D eigenvalue weighted by Gasteiger charge is -2.37. The molecular formula is C13H28NO+. The molecule has 0 aliphatic rings. The molecule has 90 valence electrons. The average Bonchev–Trinajstić information content (AvgIpc) is 2.26. The highest BCUT2D eigenvalue weighted by atomic mass is 16.5. The van der Waals surface area contributed by atoms with E-state index in [1.165, 1.54) is 43.4 Å². The van der Waals surface area contributed by atoms with Gasteiger partial charge in [-0.1, -0.05) is 26.8 Å². The van der Waals surface area contributed by atoms with E-state index in [9.17, 15) is 0 Å². The quantitative estimate of drug-likeness (QED) is 0.308. The maximum atomic E-state index is 5.27. The van der Waals surface area contributed by atoms with Crippen LogP contribution in [-0.4, -0.2) is 37.3 Å². The molecule has 0 aromatic heterocycles. The lowest BCUT2D eigenvalue weighted by Crippen LogP contribution is -2.51. The van der Waals surface area contributed by atoms with Gasteiger partial charge in [0.25, 0.3) is 0 Å². The Balaban J connectivity index is 4.14. The van der Waals surface area contributed by atoms with Crippen LogP contribution in [0.15, 0.2) is 12.8 Å². The predicted octanol–water partition coefficient (Wildman–Crippen LogP) is 3.19. The van der Waals surface area contributed by atoms with Crippen molar-refractivity contribution in [3.05, 3.63) is 12.8 Å². The van der Waals surface area contributed by atoms with Gasteiger partial charge in [-0.15, -0.1) is 0 Å². The third kappa shape index (κ3) is 5.83. The van der Waals surface area contributed by atoms with Crippen molar-refractivity contribution in [3.8, 4) is 0 Å². The Hall–Kier alpha value is -0.500. The molecule has 0 aromatic carbocycles. The molecule has 15 heavy (non-hydrogen) atoms. The topological polar surface area (TPSA) is 9.23 Å². The van der Waals surface area contributed by atoms with Crippen LogP contribution >= 0.6 is 0 Å². The zero-order valence-corrected chi connectivity index (χ0v) is 10.8. The number of nitrogens with zero attached hydrogens (tertiary/aromatic N) is 1. The predicted molar refractivity (Wildman–Crippen MR) is 66.8 cm³/mol. The summed E-state index contributed by atoms with van der Waals surface area (Å²) in [5.41, 5.74) is 0. The van der Waals surface area contributed by atoms with E-state index < -0.39 is 0 Å². The van der Waals surface area contributed by atoms with Crippen LogP contribution in [0.1, 0.15) is 40.0 Å². The van der Waals surface area contributed by atoms with Gasteiger partial charge in [0, 0.05) is 0 Å². The van der Waals surface area contributed by atoms with E-state index in [1.807, 2.05) is 0 Å². The second kappa shape index (κ2) is 8.78. The van der Waals surface area contributed by atoms with Crippen LogP contribution in [0.25, 0.3) is 0 Å². The van der Waals surface area contributed by atoms with E-state index in [4.69, 9.17) is 4.74 Å². The molecule has 1 atom stereocenters. The maximum Gasteiger partial charge on any atom is 0.136 e. The van der Waals surface area contributed by atoms with Crippen molar-refractivity contribution in [2.24, 2.45) is 0 Å². The van der Waals surface area contributed by atoms with Crippen molar-refractivity contribution < 1.29 is 9.22 Å². The fourth-order valence-corrected chi connectivity index (χ4v) is 2.11. The van der Waals surface area contributed by atoms with E-state index >= 15 is 0 Å². The third-order valence-electron chi connectivity index (χ3n) is 3.16. The van der Waals surface area contributed by atoms with Gasteiger partial charge in [-0.3, -0.25) is 0 Å². The lowest BCUT2D eigenvalue weighted by atomic mass is 10.2. The van der Waals surface area contributed by atoms with E-state index in [0.29, 0.717) is 0 Å². The molecule has 0 bridgehead atoms. The number of rotatable bonds is 10. The molecule has 0 amide bonds. The number of ether oxygens (including phenoxy) is 1. The fourth-order valence-electron chi connectivity index (χ4n) is 2.11. The molecule has 0 aromatic rings. The first-order valence-electron chi connectivity index (χ1n) is 6.32. The lowest BCUT2D eigenvalue weighted by molar-refractivity contribution is -0.927. The van der Waals surface area contributed by atoms with Crippen molar-refractivity contribution >= 4 is 0 Å². The maximum absolute atomic E-state index is 5.27. The number of hydrogen-bond acceptors (Lipinski definition) is 1. The zero-order chi connectivity index (χ0) is 11.6. The van der Waals surface area contributed by atoms with E-state index in [0.717, 1.165) is 13.2 Å². The van der Waals surface area contributed by atoms with Gasteiger partial charge in [0.15, 0.2) is 0 Å². The Morgan fingerprint density at radius 2 is 1.80 bits per heavy atom. The molecule has 0 N–H and O–H groups in total. The van der Waals surface area contributed by atoms with Crippen LogP contribution in [0.5, 0.6) is 0 Å². The van der Waals surface area contributed by atoms with Crippen LogP contribution in [-0.2, 0) is 4.74 Å². The van der Waals surface area contributed by atoms with Gasteiger partial charge in [0.05, 0.1) is 25.9 Å². The first-order valence-corrected chi connectivity index (χ1v) is 6.32. The highest BCUT2D eigenvalue weighted by Gasteiger charge is 2.23. The second-order valence-corrected chi connectivity index (χ2v) is 4.22. The Bertz CT molecular complexity index is 159. The molecular weight excluding hydrogens is 186 g/mol. The number of likely N-dealkylation sites (N-methyl/N-ethyl adjacent to an activating group) is 1. The molecule has 2 nitrogen and oxygen atoms in total. The Morgan fingerprint density at radius 3 is 2.27 bits per heavy atom. The van der Waals surface area contributed by atoms with Gasteiger partial charge < -0.3 is 9.22 Å². The summed E-state index contributed by atoms with van der Waals surface area (Å²) in [6, 6.07) is 0. The van der Waals surface area contributed by atoms with Gasteiger partial charge in [-0.2, -0.15) is 0 Å². The molecule has 0 heterocycles. The van der Waals surface area contributed by atoms with E-state index in [1.54, 1.807) is 6.26 Å². The summed E-state index contributed by atoms with van der Waals surface area (Å²) in [5, 5.41) is 0. The van der Waals surface area contributed by atoms with Crippen molar-refractivity contribution in [2.45, 2.75) is 40.0 Å². The van der Waals surface area contributed by atoms with Crippen molar-refractivity contribution in [2.75, 3.05) is 32.8 Å². The molecule has 0 radical (unpaired) electrons. The molecule has 0 spiro atoms. The van der Waals surface area contributed by atoms with Gasteiger partial charge in [0.2, 0.25) is 0 Å². The van der Waals surface area contributed by atoms with Crippen LogP contribution < -0.4 is 0 Å². The second-order valence-electron chi connectivity index (χ2n) is 4.22. The molecule has 0 aliphatic heterocycles. The van der Waals surface area contributed by atoms with E-state index in [-0.39, 0.29) is 0 Å². The van der Waals surface area contributed by atoms with Crippen molar-refractivity contribution in [3.63, 3.8) is 0 Å². The minimum atomic E-state index is 0.807. The number of quaternary nitrogens is 1. The highest BCUT2D eigenvalue weighted by molar-refractivity contribution is 4.50. The van der Waals surface area contributed by atoms with Crippen LogP contribution in [0.3, 0.4) is 0 Å². The first kappa shape index (κ1) is 14.5. The summed E-state index contributed by atoms with van der Waals surface area (Å²) in [5.74, 6) is 0. The molecule has 0 saturated heterocycles. The molecule has 0 fully saturated rings. The largest absolute Gasteiger partial charge is 0.496 e. The molecule has 0 saturated carbocycles. The average molecular weight is 214 g/mol. The monoisotopic (exact) mass is 214 g/mol. The van der Waals surface area contributed by atoms with Crippen LogP contribution in [0.4, 0.5) is 0 Å². The smallest absolute Gasteiger partial charge is 0.136 e. The van der Waals surface area contributed by atoms with Crippen molar-refractivity contribution in [1.29, 1.82) is 0 Å². The van der Waals surface area contributed by atoms with Crippen LogP contribution in [0, 0.1) is 0 Å². The van der Waals surface area contributed by atoms with Crippen LogP contribution in [0.2, 0.25) is 0 Å². The SMILES string of the molecule is C=COCC[N+](CC)(CCC)CCCC. The van der Waals surface area contributed by atoms with Crippen molar-refractivity contribution in [1.82, 2.24) is 0 Å².